The van der Waals surface area contributed by atoms with Crippen molar-refractivity contribution < 1.29 is 4.74 Å². The summed E-state index contributed by atoms with van der Waals surface area (Å²) in [5, 5.41) is 3.24. The molecule has 17 heavy (non-hydrogen) atoms. The molecule has 1 heterocycles. The Labute approximate surface area is 101 Å². The Kier molecular flexibility index (Phi) is 3.32. The highest BCUT2D eigenvalue weighted by molar-refractivity contribution is 5.45. The monoisotopic (exact) mass is 231 g/mol. The highest BCUT2D eigenvalue weighted by atomic mass is 16.5. The van der Waals surface area contributed by atoms with Gasteiger partial charge in [-0.25, -0.2) is 4.98 Å². The lowest BCUT2D eigenvalue weighted by Gasteiger charge is -2.08. The van der Waals surface area contributed by atoms with Crippen LogP contribution in [0.4, 0.5) is 5.95 Å². The van der Waals surface area contributed by atoms with Crippen LogP contribution in [0.25, 0.3) is 5.69 Å². The van der Waals surface area contributed by atoms with E-state index >= 15 is 0 Å². The molecular formula is C13H17N3O. The number of aryl methyl sites for hydroxylation is 1. The average Bonchev–Trinajstić information content (AvgIpc) is 2.71. The number of aromatic nitrogens is 2. The van der Waals surface area contributed by atoms with Gasteiger partial charge in [-0.2, -0.15) is 0 Å². The van der Waals surface area contributed by atoms with Crippen molar-refractivity contribution in [1.29, 1.82) is 0 Å². The fraction of sp³-hybridized carbons (Fsp3) is 0.308. The number of rotatable bonds is 4. The third-order valence-electron chi connectivity index (χ3n) is 2.51. The highest BCUT2D eigenvalue weighted by Gasteiger charge is 2.06. The Morgan fingerprint density at radius 2 is 2.00 bits per heavy atom. The zero-order valence-corrected chi connectivity index (χ0v) is 10.4. The molecule has 0 atom stereocenters. The Morgan fingerprint density at radius 3 is 2.59 bits per heavy atom. The maximum absolute atomic E-state index is 5.15. The molecule has 1 aromatic heterocycles. The second kappa shape index (κ2) is 4.91. The van der Waals surface area contributed by atoms with Crippen LogP contribution < -0.4 is 10.1 Å². The Balaban J connectivity index is 2.37. The number of imidazole rings is 1. The van der Waals surface area contributed by atoms with E-state index in [1.54, 1.807) is 7.11 Å². The number of anilines is 1. The SMILES string of the molecule is CCNc1nc(C)cn1-c1ccc(OC)cc1. The van der Waals surface area contributed by atoms with Gasteiger partial charge in [-0.3, -0.25) is 4.57 Å². The topological polar surface area (TPSA) is 39.1 Å². The Bertz CT molecular complexity index is 488. The molecule has 1 N–H and O–H groups in total. The molecule has 0 radical (unpaired) electrons. The second-order valence-corrected chi connectivity index (χ2v) is 3.80. The van der Waals surface area contributed by atoms with Crippen molar-refractivity contribution in [2.75, 3.05) is 19.0 Å². The van der Waals surface area contributed by atoms with Crippen molar-refractivity contribution in [3.05, 3.63) is 36.2 Å². The molecule has 4 nitrogen and oxygen atoms in total. The highest BCUT2D eigenvalue weighted by Crippen LogP contribution is 2.19. The molecule has 0 aliphatic carbocycles. The van der Waals surface area contributed by atoms with Crippen LogP contribution in [-0.2, 0) is 0 Å². The van der Waals surface area contributed by atoms with Gasteiger partial charge in [0.2, 0.25) is 5.95 Å². The van der Waals surface area contributed by atoms with Gasteiger partial charge in [0.1, 0.15) is 5.75 Å². The number of nitrogens with one attached hydrogen (secondary N) is 1. The van der Waals surface area contributed by atoms with Gasteiger partial charge in [0.15, 0.2) is 0 Å². The van der Waals surface area contributed by atoms with Gasteiger partial charge >= 0.3 is 0 Å². The van der Waals surface area contributed by atoms with Gasteiger partial charge < -0.3 is 10.1 Å². The third kappa shape index (κ3) is 2.41. The van der Waals surface area contributed by atoms with E-state index in [0.29, 0.717) is 0 Å². The number of ether oxygens (including phenoxy) is 1. The van der Waals surface area contributed by atoms with Crippen LogP contribution in [0.2, 0.25) is 0 Å². The van der Waals surface area contributed by atoms with Crippen LogP contribution in [0, 0.1) is 6.92 Å². The standard InChI is InChI=1S/C13H17N3O/c1-4-14-13-15-10(2)9-16(13)11-5-7-12(17-3)8-6-11/h5-9H,4H2,1-3H3,(H,14,15). The molecule has 0 unspecified atom stereocenters. The van der Waals surface area contributed by atoms with E-state index in [1.165, 1.54) is 0 Å². The maximum Gasteiger partial charge on any atom is 0.207 e. The molecule has 0 amide bonds. The molecule has 1 aromatic carbocycles. The van der Waals surface area contributed by atoms with Gasteiger partial charge in [0, 0.05) is 18.4 Å². The summed E-state index contributed by atoms with van der Waals surface area (Å²) >= 11 is 0. The predicted octanol–water partition coefficient (Wildman–Crippen LogP) is 2.62. The summed E-state index contributed by atoms with van der Waals surface area (Å²) < 4.78 is 7.19. The van der Waals surface area contributed by atoms with Gasteiger partial charge in [0.25, 0.3) is 0 Å². The Morgan fingerprint density at radius 1 is 1.29 bits per heavy atom. The molecule has 90 valence electrons. The van der Waals surface area contributed by atoms with Crippen molar-refractivity contribution in [1.82, 2.24) is 9.55 Å². The molecular weight excluding hydrogens is 214 g/mol. The number of methoxy groups -OCH3 is 1. The summed E-state index contributed by atoms with van der Waals surface area (Å²) in [5.41, 5.74) is 2.07. The van der Waals surface area contributed by atoms with Crippen molar-refractivity contribution >= 4 is 5.95 Å². The fourth-order valence-electron chi connectivity index (χ4n) is 1.72. The zero-order chi connectivity index (χ0) is 12.3. The van der Waals surface area contributed by atoms with Crippen molar-refractivity contribution in [2.24, 2.45) is 0 Å². The van der Waals surface area contributed by atoms with E-state index in [0.717, 1.165) is 29.6 Å². The quantitative estimate of drug-likeness (QED) is 0.879. The van der Waals surface area contributed by atoms with Gasteiger partial charge in [-0.15, -0.1) is 0 Å². The minimum atomic E-state index is 0.854. The fourth-order valence-corrected chi connectivity index (χ4v) is 1.72. The summed E-state index contributed by atoms with van der Waals surface area (Å²) in [6.07, 6.45) is 2.01. The van der Waals surface area contributed by atoms with E-state index in [2.05, 4.69) is 17.2 Å². The van der Waals surface area contributed by atoms with E-state index in [4.69, 9.17) is 4.74 Å². The summed E-state index contributed by atoms with van der Waals surface area (Å²) in [5.74, 6) is 1.73. The zero-order valence-electron chi connectivity index (χ0n) is 10.4. The molecule has 4 heteroatoms. The van der Waals surface area contributed by atoms with Crippen LogP contribution in [0.1, 0.15) is 12.6 Å². The van der Waals surface area contributed by atoms with Crippen LogP contribution >= 0.6 is 0 Å². The van der Waals surface area contributed by atoms with E-state index in [9.17, 15) is 0 Å². The van der Waals surface area contributed by atoms with Crippen LogP contribution in [0.5, 0.6) is 5.75 Å². The number of benzene rings is 1. The molecule has 0 fully saturated rings. The predicted molar refractivity (Wildman–Crippen MR) is 69.0 cm³/mol. The molecule has 0 aliphatic rings. The first-order valence-electron chi connectivity index (χ1n) is 5.69. The van der Waals surface area contributed by atoms with Gasteiger partial charge in [-0.1, -0.05) is 0 Å². The molecule has 0 saturated carbocycles. The van der Waals surface area contributed by atoms with Crippen LogP contribution in [0.3, 0.4) is 0 Å². The molecule has 0 bridgehead atoms. The van der Waals surface area contributed by atoms with Crippen LogP contribution in [-0.4, -0.2) is 23.2 Å². The van der Waals surface area contributed by atoms with Gasteiger partial charge in [0.05, 0.1) is 12.8 Å². The molecule has 2 aromatic rings. The van der Waals surface area contributed by atoms with E-state index in [-0.39, 0.29) is 0 Å². The first-order valence-corrected chi connectivity index (χ1v) is 5.69. The van der Waals surface area contributed by atoms with Crippen LogP contribution in [0.15, 0.2) is 30.5 Å². The lowest BCUT2D eigenvalue weighted by molar-refractivity contribution is 0.415. The summed E-state index contributed by atoms with van der Waals surface area (Å²) in [6, 6.07) is 7.92. The lowest BCUT2D eigenvalue weighted by Crippen LogP contribution is -2.04. The maximum atomic E-state index is 5.15. The number of nitrogens with zero attached hydrogens (tertiary/aromatic N) is 2. The minimum absolute atomic E-state index is 0.854. The van der Waals surface area contributed by atoms with Gasteiger partial charge in [-0.05, 0) is 38.1 Å². The van der Waals surface area contributed by atoms with E-state index < -0.39 is 0 Å². The minimum Gasteiger partial charge on any atom is -0.497 e. The normalized spacial score (nSPS) is 10.3. The number of hydrogen-bond acceptors (Lipinski definition) is 3. The first-order chi connectivity index (χ1) is 8.24. The third-order valence-corrected chi connectivity index (χ3v) is 2.51. The lowest BCUT2D eigenvalue weighted by atomic mass is 10.3. The molecule has 0 aliphatic heterocycles. The summed E-state index contributed by atoms with van der Waals surface area (Å²) in [4.78, 5) is 4.44. The van der Waals surface area contributed by atoms with Crippen molar-refractivity contribution in [3.63, 3.8) is 0 Å². The largest absolute Gasteiger partial charge is 0.497 e. The molecule has 2 rings (SSSR count). The first kappa shape index (κ1) is 11.5. The number of hydrogen-bond donors (Lipinski definition) is 1. The smallest absolute Gasteiger partial charge is 0.207 e. The Hall–Kier alpha value is -1.97. The van der Waals surface area contributed by atoms with Crippen molar-refractivity contribution in [2.45, 2.75) is 13.8 Å². The molecule has 0 saturated heterocycles. The summed E-state index contributed by atoms with van der Waals surface area (Å²) in [6.45, 7) is 4.90. The van der Waals surface area contributed by atoms with Crippen molar-refractivity contribution in [3.8, 4) is 11.4 Å². The molecule has 0 spiro atoms. The van der Waals surface area contributed by atoms with E-state index in [1.807, 2.05) is 42.0 Å². The second-order valence-electron chi connectivity index (χ2n) is 3.80. The summed E-state index contributed by atoms with van der Waals surface area (Å²) in [7, 11) is 1.67. The average molecular weight is 231 g/mol.